The summed E-state index contributed by atoms with van der Waals surface area (Å²) in [6.07, 6.45) is -9.57. The van der Waals surface area contributed by atoms with E-state index in [4.69, 9.17) is 4.74 Å². The van der Waals surface area contributed by atoms with Crippen LogP contribution in [0.4, 0.5) is 30.7 Å². The molecule has 0 unspecified atom stereocenters. The number of nitrogens with zero attached hydrogens (tertiary/aromatic N) is 1. The molecule has 2 aromatic rings. The van der Waals surface area contributed by atoms with Crippen LogP contribution in [0.2, 0.25) is 0 Å². The SMILES string of the molecule is C[C@@H]1CC(N2C[C@H](O[C@H](C)c3cc(C(F)(F)F)cc(C(F)(F)F)c3)[C@@H](c3ccc(F)cc3)C2)=CC1=O. The Morgan fingerprint density at radius 2 is 1.53 bits per heavy atom. The van der Waals surface area contributed by atoms with Crippen LogP contribution < -0.4 is 0 Å². The number of likely N-dealkylation sites (tertiary alicyclic amines) is 1. The molecule has 1 aliphatic heterocycles. The number of allylic oxidation sites excluding steroid dienone is 2. The highest BCUT2D eigenvalue weighted by atomic mass is 19.4. The van der Waals surface area contributed by atoms with E-state index in [0.717, 1.165) is 5.70 Å². The van der Waals surface area contributed by atoms with Crippen LogP contribution in [0, 0.1) is 11.7 Å². The van der Waals surface area contributed by atoms with E-state index >= 15 is 0 Å². The fourth-order valence-electron chi connectivity index (χ4n) is 4.73. The van der Waals surface area contributed by atoms with Crippen LogP contribution in [-0.2, 0) is 21.9 Å². The Kier molecular flexibility index (Phi) is 6.94. The molecule has 1 heterocycles. The maximum Gasteiger partial charge on any atom is 0.416 e. The zero-order valence-electron chi connectivity index (χ0n) is 19.5. The van der Waals surface area contributed by atoms with Gasteiger partial charge in [0.05, 0.1) is 23.3 Å². The first-order valence-corrected chi connectivity index (χ1v) is 11.4. The summed E-state index contributed by atoms with van der Waals surface area (Å²) in [7, 11) is 0. The molecular weight excluding hydrogens is 491 g/mol. The van der Waals surface area contributed by atoms with Crippen molar-refractivity contribution in [3.05, 3.63) is 82.3 Å². The van der Waals surface area contributed by atoms with Crippen LogP contribution in [0.1, 0.15) is 54.5 Å². The highest BCUT2D eigenvalue weighted by Gasteiger charge is 2.40. The van der Waals surface area contributed by atoms with Gasteiger partial charge in [-0.1, -0.05) is 19.1 Å². The number of alkyl halides is 6. The summed E-state index contributed by atoms with van der Waals surface area (Å²) < 4.78 is 99.6. The number of halogens is 7. The Morgan fingerprint density at radius 3 is 2.03 bits per heavy atom. The molecular formula is C26H24F7NO2. The quantitative estimate of drug-likeness (QED) is 0.406. The lowest BCUT2D eigenvalue weighted by Crippen LogP contribution is -2.25. The minimum Gasteiger partial charge on any atom is -0.371 e. The third-order valence-corrected chi connectivity index (χ3v) is 6.74. The number of ketones is 1. The highest BCUT2D eigenvalue weighted by Crippen LogP contribution is 2.40. The van der Waals surface area contributed by atoms with Gasteiger partial charge in [0.1, 0.15) is 5.82 Å². The second-order valence-electron chi connectivity index (χ2n) is 9.36. The first-order chi connectivity index (χ1) is 16.7. The number of hydrogen-bond acceptors (Lipinski definition) is 3. The number of carbonyl (C=O) groups excluding carboxylic acids is 1. The minimum absolute atomic E-state index is 0.00952. The van der Waals surface area contributed by atoms with E-state index in [9.17, 15) is 35.5 Å². The van der Waals surface area contributed by atoms with Crippen molar-refractivity contribution in [1.29, 1.82) is 0 Å². The van der Waals surface area contributed by atoms with Crippen molar-refractivity contribution in [2.75, 3.05) is 13.1 Å². The number of hydrogen-bond donors (Lipinski definition) is 0. The monoisotopic (exact) mass is 515 g/mol. The number of carbonyl (C=O) groups is 1. The van der Waals surface area contributed by atoms with Gasteiger partial charge in [-0.3, -0.25) is 4.79 Å². The van der Waals surface area contributed by atoms with Gasteiger partial charge in [-0.25, -0.2) is 4.39 Å². The second kappa shape index (κ2) is 9.53. The molecule has 194 valence electrons. The fourth-order valence-corrected chi connectivity index (χ4v) is 4.73. The maximum atomic E-state index is 13.5. The Labute approximate surface area is 203 Å². The average molecular weight is 515 g/mol. The summed E-state index contributed by atoms with van der Waals surface area (Å²) in [5.41, 5.74) is -1.55. The first-order valence-electron chi connectivity index (χ1n) is 11.4. The summed E-state index contributed by atoms with van der Waals surface area (Å²) in [5.74, 6) is -0.965. The van der Waals surface area contributed by atoms with Crippen LogP contribution in [0.25, 0.3) is 0 Å². The van der Waals surface area contributed by atoms with Crippen LogP contribution in [0.5, 0.6) is 0 Å². The third-order valence-electron chi connectivity index (χ3n) is 6.74. The van der Waals surface area contributed by atoms with Crippen molar-refractivity contribution in [2.45, 2.75) is 50.7 Å². The molecule has 2 aromatic carbocycles. The Morgan fingerprint density at radius 1 is 0.944 bits per heavy atom. The first kappa shape index (κ1) is 26.2. The minimum atomic E-state index is -4.96. The Hall–Kier alpha value is -2.88. The molecule has 1 fully saturated rings. The van der Waals surface area contributed by atoms with Crippen LogP contribution in [0.15, 0.2) is 54.2 Å². The summed E-state index contributed by atoms with van der Waals surface area (Å²) >= 11 is 0. The fraction of sp³-hybridized carbons (Fsp3) is 0.423. The van der Waals surface area contributed by atoms with Crippen molar-refractivity contribution in [3.63, 3.8) is 0 Å². The van der Waals surface area contributed by atoms with Crippen molar-refractivity contribution in [1.82, 2.24) is 4.90 Å². The zero-order valence-corrected chi connectivity index (χ0v) is 19.5. The number of ether oxygens (including phenoxy) is 1. The maximum absolute atomic E-state index is 13.5. The number of rotatable bonds is 5. The van der Waals surface area contributed by atoms with Crippen molar-refractivity contribution in [3.8, 4) is 0 Å². The molecule has 10 heteroatoms. The molecule has 1 saturated heterocycles. The molecule has 0 bridgehead atoms. The largest absolute Gasteiger partial charge is 0.416 e. The molecule has 4 rings (SSSR count). The van der Waals surface area contributed by atoms with E-state index < -0.39 is 41.5 Å². The third kappa shape index (κ3) is 5.58. The van der Waals surface area contributed by atoms with Gasteiger partial charge in [0, 0.05) is 36.7 Å². The van der Waals surface area contributed by atoms with Gasteiger partial charge in [-0.15, -0.1) is 0 Å². The van der Waals surface area contributed by atoms with E-state index in [-0.39, 0.29) is 35.8 Å². The summed E-state index contributed by atoms with van der Waals surface area (Å²) in [6.45, 7) is 3.90. The van der Waals surface area contributed by atoms with E-state index in [2.05, 4.69) is 0 Å². The molecule has 4 atom stereocenters. The van der Waals surface area contributed by atoms with Crippen molar-refractivity contribution < 1.29 is 40.3 Å². The number of benzene rings is 2. The second-order valence-corrected chi connectivity index (χ2v) is 9.36. The molecule has 36 heavy (non-hydrogen) atoms. The van der Waals surface area contributed by atoms with Crippen molar-refractivity contribution >= 4 is 5.78 Å². The molecule has 0 spiro atoms. The highest BCUT2D eigenvalue weighted by molar-refractivity contribution is 5.94. The summed E-state index contributed by atoms with van der Waals surface area (Å²) in [4.78, 5) is 14.0. The van der Waals surface area contributed by atoms with E-state index in [1.807, 2.05) is 4.90 Å². The van der Waals surface area contributed by atoms with Gasteiger partial charge in [0.15, 0.2) is 5.78 Å². The van der Waals surface area contributed by atoms with Crippen LogP contribution in [-0.4, -0.2) is 29.9 Å². The average Bonchev–Trinajstić information content (AvgIpc) is 3.35. The van der Waals surface area contributed by atoms with Gasteiger partial charge in [-0.2, -0.15) is 26.3 Å². The smallest absolute Gasteiger partial charge is 0.371 e. The van der Waals surface area contributed by atoms with E-state index in [1.165, 1.54) is 19.1 Å². The predicted octanol–water partition coefficient (Wildman–Crippen LogP) is 6.90. The van der Waals surface area contributed by atoms with E-state index in [0.29, 0.717) is 30.7 Å². The molecule has 0 radical (unpaired) electrons. The molecule has 3 nitrogen and oxygen atoms in total. The molecule has 0 amide bonds. The van der Waals surface area contributed by atoms with E-state index in [1.54, 1.807) is 25.1 Å². The standard InChI is InChI=1S/C26H24F7NO2/c1-14-7-21(11-23(14)35)34-12-22(16-3-5-20(27)6-4-16)24(13-34)36-15(2)17-8-18(25(28,29)30)10-19(9-17)26(31,32)33/h3-6,8-11,14-15,22,24H,7,12-13H2,1-2H3/t14-,15-,22-,24+/m1/s1. The van der Waals surface area contributed by atoms with Crippen molar-refractivity contribution in [2.24, 2.45) is 5.92 Å². The molecule has 2 aliphatic rings. The van der Waals surface area contributed by atoms with Gasteiger partial charge in [0.25, 0.3) is 0 Å². The summed E-state index contributed by atoms with van der Waals surface area (Å²) in [5, 5.41) is 0. The van der Waals surface area contributed by atoms with Gasteiger partial charge < -0.3 is 9.64 Å². The van der Waals surface area contributed by atoms with Crippen LogP contribution >= 0.6 is 0 Å². The molecule has 0 aromatic heterocycles. The van der Waals surface area contributed by atoms with Gasteiger partial charge in [0.2, 0.25) is 0 Å². The lowest BCUT2D eigenvalue weighted by Gasteiger charge is -2.25. The predicted molar refractivity (Wildman–Crippen MR) is 117 cm³/mol. The summed E-state index contributed by atoms with van der Waals surface area (Å²) in [6, 6.07) is 7.13. The molecule has 1 aliphatic carbocycles. The normalized spacial score (nSPS) is 23.8. The van der Waals surface area contributed by atoms with Crippen LogP contribution in [0.3, 0.4) is 0 Å². The Bertz CT molecular complexity index is 1120. The Balaban J connectivity index is 1.64. The van der Waals surface area contributed by atoms with Gasteiger partial charge in [-0.05, 0) is 54.8 Å². The lowest BCUT2D eigenvalue weighted by molar-refractivity contribution is -0.143. The molecule has 0 saturated carbocycles. The topological polar surface area (TPSA) is 29.5 Å². The van der Waals surface area contributed by atoms with Gasteiger partial charge >= 0.3 is 12.4 Å². The zero-order chi connectivity index (χ0) is 26.4. The lowest BCUT2D eigenvalue weighted by atomic mass is 9.95. The molecule has 0 N–H and O–H groups in total.